The van der Waals surface area contributed by atoms with Gasteiger partial charge in [-0.2, -0.15) is 0 Å². The van der Waals surface area contributed by atoms with Gasteiger partial charge in [0, 0.05) is 19.5 Å². The predicted molar refractivity (Wildman–Crippen MR) is 66.6 cm³/mol. The maximum atomic E-state index is 11.5. The normalized spacial score (nSPS) is 12.3. The van der Waals surface area contributed by atoms with E-state index in [1.807, 2.05) is 20.8 Å². The lowest BCUT2D eigenvalue weighted by Gasteiger charge is -2.18. The van der Waals surface area contributed by atoms with Gasteiger partial charge in [0.15, 0.2) is 0 Å². The second kappa shape index (κ2) is 8.98. The van der Waals surface area contributed by atoms with Crippen LogP contribution in [0.1, 0.15) is 33.6 Å². The Morgan fingerprint density at radius 1 is 1.29 bits per heavy atom. The molecule has 0 aromatic heterocycles. The van der Waals surface area contributed by atoms with Crippen molar-refractivity contribution in [2.24, 2.45) is 5.92 Å². The highest BCUT2D eigenvalue weighted by Gasteiger charge is 2.19. The summed E-state index contributed by atoms with van der Waals surface area (Å²) < 4.78 is 4.72. The van der Waals surface area contributed by atoms with Gasteiger partial charge in [0.25, 0.3) is 0 Å². The average Bonchev–Trinajstić information content (AvgIpc) is 2.26. The van der Waals surface area contributed by atoms with Crippen LogP contribution in [0.25, 0.3) is 0 Å². The van der Waals surface area contributed by atoms with Gasteiger partial charge in [-0.3, -0.25) is 9.59 Å². The van der Waals surface area contributed by atoms with Crippen LogP contribution in [0, 0.1) is 5.92 Å². The highest BCUT2D eigenvalue weighted by atomic mass is 16.5. The molecule has 0 aliphatic heterocycles. The molecule has 100 valence electrons. The fourth-order valence-corrected chi connectivity index (χ4v) is 1.52. The molecule has 0 aliphatic rings. The van der Waals surface area contributed by atoms with Gasteiger partial charge in [0.1, 0.15) is 6.04 Å². The topological polar surface area (TPSA) is 67.4 Å². The van der Waals surface area contributed by atoms with Crippen LogP contribution in [0.5, 0.6) is 0 Å². The van der Waals surface area contributed by atoms with E-state index >= 15 is 0 Å². The number of amides is 1. The maximum absolute atomic E-state index is 11.5. The van der Waals surface area contributed by atoms with Crippen molar-refractivity contribution in [1.29, 1.82) is 0 Å². The quantitative estimate of drug-likeness (QED) is 0.616. The lowest BCUT2D eigenvalue weighted by atomic mass is 10.0. The van der Waals surface area contributed by atoms with Crippen LogP contribution in [-0.2, 0) is 14.3 Å². The van der Waals surface area contributed by atoms with Gasteiger partial charge >= 0.3 is 5.97 Å². The Morgan fingerprint density at radius 3 is 2.41 bits per heavy atom. The summed E-state index contributed by atoms with van der Waals surface area (Å²) in [5, 5.41) is 5.76. The van der Waals surface area contributed by atoms with Gasteiger partial charge in [0.2, 0.25) is 5.91 Å². The van der Waals surface area contributed by atoms with E-state index < -0.39 is 0 Å². The van der Waals surface area contributed by atoms with E-state index in [-0.39, 0.29) is 17.9 Å². The van der Waals surface area contributed by atoms with Crippen LogP contribution < -0.4 is 10.6 Å². The van der Waals surface area contributed by atoms with Crippen molar-refractivity contribution in [3.05, 3.63) is 0 Å². The third-order valence-electron chi connectivity index (χ3n) is 2.31. The van der Waals surface area contributed by atoms with Crippen LogP contribution >= 0.6 is 0 Å². The monoisotopic (exact) mass is 244 g/mol. The Hall–Kier alpha value is -1.10. The van der Waals surface area contributed by atoms with Crippen LogP contribution in [0.3, 0.4) is 0 Å². The SMILES string of the molecule is CCNC(=O)CCNC(CC(C)C)C(=O)OC. The van der Waals surface area contributed by atoms with Crippen molar-refractivity contribution in [1.82, 2.24) is 10.6 Å². The number of carbonyl (C=O) groups is 2. The van der Waals surface area contributed by atoms with Crippen molar-refractivity contribution < 1.29 is 14.3 Å². The Balaban J connectivity index is 3.99. The summed E-state index contributed by atoms with van der Waals surface area (Å²) in [6.45, 7) is 7.08. The van der Waals surface area contributed by atoms with E-state index in [0.29, 0.717) is 31.8 Å². The Bertz CT molecular complexity index is 242. The molecule has 5 heteroatoms. The van der Waals surface area contributed by atoms with Gasteiger partial charge < -0.3 is 15.4 Å². The Labute approximate surface area is 103 Å². The number of hydrogen-bond acceptors (Lipinski definition) is 4. The number of nitrogens with one attached hydrogen (secondary N) is 2. The Kier molecular flexibility index (Phi) is 8.40. The van der Waals surface area contributed by atoms with E-state index in [9.17, 15) is 9.59 Å². The van der Waals surface area contributed by atoms with Gasteiger partial charge in [-0.15, -0.1) is 0 Å². The molecule has 1 amide bonds. The second-order valence-electron chi connectivity index (χ2n) is 4.36. The first-order valence-electron chi connectivity index (χ1n) is 6.09. The number of esters is 1. The minimum Gasteiger partial charge on any atom is -0.468 e. The number of ether oxygens (including phenoxy) is 1. The summed E-state index contributed by atoms with van der Waals surface area (Å²) in [6, 6.07) is -0.325. The molecule has 2 N–H and O–H groups in total. The molecule has 0 spiro atoms. The minimum atomic E-state index is -0.325. The molecule has 0 aromatic rings. The van der Waals surface area contributed by atoms with Crippen LogP contribution in [0.4, 0.5) is 0 Å². The third kappa shape index (κ3) is 7.74. The summed E-state index contributed by atoms with van der Waals surface area (Å²) in [7, 11) is 1.38. The highest BCUT2D eigenvalue weighted by molar-refractivity contribution is 5.77. The Morgan fingerprint density at radius 2 is 1.94 bits per heavy atom. The van der Waals surface area contributed by atoms with Crippen molar-refractivity contribution in [2.75, 3.05) is 20.2 Å². The summed E-state index contributed by atoms with van der Waals surface area (Å²) >= 11 is 0. The fraction of sp³-hybridized carbons (Fsp3) is 0.833. The molecule has 5 nitrogen and oxygen atoms in total. The molecule has 0 aromatic carbocycles. The smallest absolute Gasteiger partial charge is 0.322 e. The lowest BCUT2D eigenvalue weighted by Crippen LogP contribution is -2.40. The number of hydrogen-bond donors (Lipinski definition) is 2. The summed E-state index contributed by atoms with van der Waals surface area (Å²) in [5.41, 5.74) is 0. The van der Waals surface area contributed by atoms with Crippen molar-refractivity contribution >= 4 is 11.9 Å². The molecule has 1 unspecified atom stereocenters. The average molecular weight is 244 g/mol. The van der Waals surface area contributed by atoms with E-state index in [1.165, 1.54) is 7.11 Å². The van der Waals surface area contributed by atoms with Crippen molar-refractivity contribution in [2.45, 2.75) is 39.7 Å². The summed E-state index contributed by atoms with van der Waals surface area (Å²) in [5.74, 6) is 0.124. The molecule has 17 heavy (non-hydrogen) atoms. The molecule has 0 radical (unpaired) electrons. The molecule has 0 aliphatic carbocycles. The molecule has 1 atom stereocenters. The zero-order chi connectivity index (χ0) is 13.3. The molecular weight excluding hydrogens is 220 g/mol. The molecule has 0 bridgehead atoms. The van der Waals surface area contributed by atoms with E-state index in [1.54, 1.807) is 0 Å². The zero-order valence-electron chi connectivity index (χ0n) is 11.2. The van der Waals surface area contributed by atoms with Gasteiger partial charge in [-0.1, -0.05) is 13.8 Å². The van der Waals surface area contributed by atoms with Gasteiger partial charge in [0.05, 0.1) is 7.11 Å². The molecule has 0 heterocycles. The molecule has 0 fully saturated rings. The lowest BCUT2D eigenvalue weighted by molar-refractivity contribution is -0.143. The first-order valence-corrected chi connectivity index (χ1v) is 6.09. The fourth-order valence-electron chi connectivity index (χ4n) is 1.52. The zero-order valence-corrected chi connectivity index (χ0v) is 11.2. The van der Waals surface area contributed by atoms with Crippen LogP contribution in [0.15, 0.2) is 0 Å². The number of methoxy groups -OCH3 is 1. The summed E-state index contributed by atoms with van der Waals surface area (Å²) in [4.78, 5) is 22.7. The summed E-state index contributed by atoms with van der Waals surface area (Å²) in [6.07, 6.45) is 1.08. The molecule has 0 saturated carbocycles. The maximum Gasteiger partial charge on any atom is 0.322 e. The number of carbonyl (C=O) groups excluding carboxylic acids is 2. The van der Waals surface area contributed by atoms with Gasteiger partial charge in [-0.05, 0) is 19.3 Å². The first kappa shape index (κ1) is 15.9. The van der Waals surface area contributed by atoms with Crippen LogP contribution in [0.2, 0.25) is 0 Å². The second-order valence-corrected chi connectivity index (χ2v) is 4.36. The largest absolute Gasteiger partial charge is 0.468 e. The number of rotatable bonds is 8. The highest BCUT2D eigenvalue weighted by Crippen LogP contribution is 2.06. The van der Waals surface area contributed by atoms with E-state index in [4.69, 9.17) is 4.74 Å². The van der Waals surface area contributed by atoms with E-state index in [0.717, 1.165) is 0 Å². The van der Waals surface area contributed by atoms with Crippen molar-refractivity contribution in [3.63, 3.8) is 0 Å². The predicted octanol–water partition coefficient (Wildman–Crippen LogP) is 0.690. The third-order valence-corrected chi connectivity index (χ3v) is 2.31. The molecule has 0 saturated heterocycles. The standard InChI is InChI=1S/C12H24N2O3/c1-5-13-11(15)6-7-14-10(8-9(2)3)12(16)17-4/h9-10,14H,5-8H2,1-4H3,(H,13,15). The van der Waals surface area contributed by atoms with Gasteiger partial charge in [-0.25, -0.2) is 0 Å². The minimum absolute atomic E-state index is 0.00633. The molecule has 0 rings (SSSR count). The van der Waals surface area contributed by atoms with E-state index in [2.05, 4.69) is 10.6 Å². The van der Waals surface area contributed by atoms with Crippen LogP contribution in [-0.4, -0.2) is 38.1 Å². The van der Waals surface area contributed by atoms with Crippen molar-refractivity contribution in [3.8, 4) is 0 Å². The first-order chi connectivity index (χ1) is 8.01. The molecular formula is C12H24N2O3.